The number of rotatable bonds is 10. The minimum Gasteiger partial charge on any atom is -0.494 e. The monoisotopic (exact) mass is 611 g/mol. The van der Waals surface area contributed by atoms with Crippen molar-refractivity contribution in [1.82, 2.24) is 19.3 Å². The average molecular weight is 612 g/mol. The van der Waals surface area contributed by atoms with Crippen LogP contribution in [-0.4, -0.2) is 30.3 Å². The fourth-order valence-corrected chi connectivity index (χ4v) is 5.59. The zero-order valence-electron chi connectivity index (χ0n) is 25.6. The molecule has 0 aliphatic carbocycles. The van der Waals surface area contributed by atoms with Crippen molar-refractivity contribution in [3.63, 3.8) is 0 Å². The maximum absolute atomic E-state index is 15.5. The average Bonchev–Trinajstić information content (AvgIpc) is 3.46. The van der Waals surface area contributed by atoms with Crippen LogP contribution in [0.25, 0.3) is 28.3 Å². The van der Waals surface area contributed by atoms with Gasteiger partial charge < -0.3 is 10.8 Å². The van der Waals surface area contributed by atoms with Crippen LogP contribution in [0.1, 0.15) is 60.3 Å². The Morgan fingerprint density at radius 2 is 1.67 bits per heavy atom. The van der Waals surface area contributed by atoms with Crippen LogP contribution in [0, 0.1) is 17.6 Å². The van der Waals surface area contributed by atoms with Crippen LogP contribution in [0.4, 0.5) is 8.78 Å². The Morgan fingerprint density at radius 3 is 2.29 bits per heavy atom. The molecular weight excluding hydrogens is 576 g/mol. The standard InChI is InChI=1S/C35H35F2N5O3/c1-5-22-8-7-9-23(6-2)31(22)42-33(30-14-15-41(40-30)19-20(3)4)39-34(44)28(35(42)45)16-21-10-12-26(29(37)17-21)25-13-11-24(36)18-27(25)32(38)43/h7-15,17-18,20,45H,5-6,16,19H2,1-4H3,(H2,38,43). The summed E-state index contributed by atoms with van der Waals surface area (Å²) in [6.07, 6.45) is 3.01. The number of para-hydroxylation sites is 1. The zero-order chi connectivity index (χ0) is 32.4. The summed E-state index contributed by atoms with van der Waals surface area (Å²) in [6.45, 7) is 8.84. The molecule has 45 heavy (non-hydrogen) atoms. The van der Waals surface area contributed by atoms with E-state index in [1.165, 1.54) is 18.2 Å². The lowest BCUT2D eigenvalue weighted by atomic mass is 9.96. The van der Waals surface area contributed by atoms with Gasteiger partial charge in [-0.3, -0.25) is 18.8 Å². The van der Waals surface area contributed by atoms with Crippen molar-refractivity contribution < 1.29 is 18.7 Å². The van der Waals surface area contributed by atoms with Crippen molar-refractivity contribution in [2.75, 3.05) is 0 Å². The number of nitrogens with two attached hydrogens (primary N) is 1. The quantitative estimate of drug-likeness (QED) is 0.195. The number of carbonyl (C=O) groups excluding carboxylic acids is 1. The predicted octanol–water partition coefficient (Wildman–Crippen LogP) is 6.22. The highest BCUT2D eigenvalue weighted by molar-refractivity contribution is 5.99. The number of amides is 1. The number of benzene rings is 3. The molecule has 0 radical (unpaired) electrons. The van der Waals surface area contributed by atoms with Gasteiger partial charge in [0, 0.05) is 30.3 Å². The molecule has 0 spiro atoms. The van der Waals surface area contributed by atoms with E-state index in [-0.39, 0.29) is 40.4 Å². The van der Waals surface area contributed by atoms with E-state index in [9.17, 15) is 19.1 Å². The Bertz CT molecular complexity index is 1940. The van der Waals surface area contributed by atoms with Crippen molar-refractivity contribution in [2.45, 2.75) is 53.5 Å². The summed E-state index contributed by atoms with van der Waals surface area (Å²) in [5.41, 5.74) is 8.20. The summed E-state index contributed by atoms with van der Waals surface area (Å²) < 4.78 is 32.6. The number of carbonyl (C=O) groups is 1. The first-order valence-corrected chi connectivity index (χ1v) is 14.9. The predicted molar refractivity (Wildman–Crippen MR) is 169 cm³/mol. The lowest BCUT2D eigenvalue weighted by Crippen LogP contribution is -2.21. The third-order valence-electron chi connectivity index (χ3n) is 7.72. The first-order valence-electron chi connectivity index (χ1n) is 14.9. The highest BCUT2D eigenvalue weighted by Gasteiger charge is 2.24. The van der Waals surface area contributed by atoms with Gasteiger partial charge in [0.15, 0.2) is 5.82 Å². The summed E-state index contributed by atoms with van der Waals surface area (Å²) in [6, 6.07) is 15.3. The van der Waals surface area contributed by atoms with Gasteiger partial charge in [0.05, 0.1) is 11.3 Å². The lowest BCUT2D eigenvalue weighted by molar-refractivity contribution is 0.100. The topological polar surface area (TPSA) is 116 Å². The Morgan fingerprint density at radius 1 is 0.978 bits per heavy atom. The highest BCUT2D eigenvalue weighted by atomic mass is 19.1. The van der Waals surface area contributed by atoms with Crippen LogP contribution >= 0.6 is 0 Å². The van der Waals surface area contributed by atoms with Gasteiger partial charge in [0.25, 0.3) is 5.56 Å². The van der Waals surface area contributed by atoms with Crippen molar-refractivity contribution in [3.8, 4) is 34.2 Å². The van der Waals surface area contributed by atoms with Gasteiger partial charge in [0.2, 0.25) is 11.8 Å². The Labute approximate surface area is 259 Å². The molecule has 5 aromatic rings. The summed E-state index contributed by atoms with van der Waals surface area (Å²) in [7, 11) is 0. The number of primary amides is 1. The summed E-state index contributed by atoms with van der Waals surface area (Å²) in [4.78, 5) is 29.9. The summed E-state index contributed by atoms with van der Waals surface area (Å²) >= 11 is 0. The fourth-order valence-electron chi connectivity index (χ4n) is 5.59. The summed E-state index contributed by atoms with van der Waals surface area (Å²) in [5.74, 6) is -2.03. The van der Waals surface area contributed by atoms with Crippen LogP contribution in [0.2, 0.25) is 0 Å². The number of halogens is 2. The number of aromatic nitrogens is 4. The van der Waals surface area contributed by atoms with Crippen LogP contribution in [0.15, 0.2) is 71.7 Å². The second-order valence-electron chi connectivity index (χ2n) is 11.4. The Hall–Kier alpha value is -5.12. The smallest absolute Gasteiger partial charge is 0.280 e. The Balaban J connectivity index is 1.66. The molecule has 8 nitrogen and oxygen atoms in total. The van der Waals surface area contributed by atoms with Gasteiger partial charge >= 0.3 is 0 Å². The molecule has 0 fully saturated rings. The molecule has 0 unspecified atom stereocenters. The van der Waals surface area contributed by atoms with E-state index in [4.69, 9.17) is 5.73 Å². The van der Waals surface area contributed by atoms with Gasteiger partial charge in [-0.2, -0.15) is 10.1 Å². The van der Waals surface area contributed by atoms with Gasteiger partial charge in [-0.25, -0.2) is 8.78 Å². The van der Waals surface area contributed by atoms with E-state index in [1.807, 2.05) is 38.2 Å². The van der Waals surface area contributed by atoms with Gasteiger partial charge in [0.1, 0.15) is 17.3 Å². The van der Waals surface area contributed by atoms with Gasteiger partial charge in [-0.05, 0) is 65.3 Å². The van der Waals surface area contributed by atoms with Crippen molar-refractivity contribution in [2.24, 2.45) is 11.7 Å². The molecular formula is C35H35F2N5O3. The van der Waals surface area contributed by atoms with Crippen LogP contribution in [0.5, 0.6) is 5.88 Å². The molecule has 5 rings (SSSR count). The maximum Gasteiger partial charge on any atom is 0.280 e. The first kappa shape index (κ1) is 31.3. The van der Waals surface area contributed by atoms with Crippen LogP contribution in [0.3, 0.4) is 0 Å². The van der Waals surface area contributed by atoms with Gasteiger partial charge in [-0.15, -0.1) is 0 Å². The molecule has 0 saturated heterocycles. The molecule has 2 aromatic heterocycles. The van der Waals surface area contributed by atoms with E-state index in [1.54, 1.807) is 21.4 Å². The number of hydrogen-bond donors (Lipinski definition) is 2. The number of aromatic hydroxyl groups is 1. The molecule has 0 aliphatic heterocycles. The fraction of sp³-hybridized carbons (Fsp3) is 0.257. The van der Waals surface area contributed by atoms with Crippen molar-refractivity contribution >= 4 is 5.91 Å². The second kappa shape index (κ2) is 12.9. The normalized spacial score (nSPS) is 11.4. The number of aryl methyl sites for hydroxylation is 2. The third kappa shape index (κ3) is 6.26. The molecule has 1 amide bonds. The molecule has 3 aromatic carbocycles. The maximum atomic E-state index is 15.5. The largest absolute Gasteiger partial charge is 0.494 e. The van der Waals surface area contributed by atoms with Crippen molar-refractivity contribution in [1.29, 1.82) is 0 Å². The molecule has 0 atom stereocenters. The molecule has 0 aliphatic rings. The molecule has 232 valence electrons. The van der Waals surface area contributed by atoms with E-state index in [0.29, 0.717) is 36.6 Å². The Kier molecular flexibility index (Phi) is 8.94. The summed E-state index contributed by atoms with van der Waals surface area (Å²) in [5, 5.41) is 16.5. The minimum absolute atomic E-state index is 0.0138. The van der Waals surface area contributed by atoms with E-state index < -0.39 is 23.1 Å². The molecule has 0 saturated carbocycles. The highest BCUT2D eigenvalue weighted by Crippen LogP contribution is 2.33. The third-order valence-corrected chi connectivity index (χ3v) is 7.72. The van der Waals surface area contributed by atoms with E-state index in [0.717, 1.165) is 28.9 Å². The zero-order valence-corrected chi connectivity index (χ0v) is 25.6. The first-order chi connectivity index (χ1) is 21.5. The second-order valence-corrected chi connectivity index (χ2v) is 11.4. The molecule has 0 bridgehead atoms. The van der Waals surface area contributed by atoms with E-state index in [2.05, 4.69) is 23.9 Å². The van der Waals surface area contributed by atoms with Gasteiger partial charge in [-0.1, -0.05) is 64.1 Å². The minimum atomic E-state index is -0.891. The van der Waals surface area contributed by atoms with Crippen LogP contribution in [-0.2, 0) is 25.8 Å². The van der Waals surface area contributed by atoms with Crippen molar-refractivity contribution in [3.05, 3.63) is 117 Å². The molecule has 2 heterocycles. The van der Waals surface area contributed by atoms with Crippen LogP contribution < -0.4 is 11.3 Å². The SMILES string of the molecule is CCc1cccc(CC)c1-n1c(-c2ccn(CC(C)C)n2)nc(=O)c(Cc2ccc(-c3ccc(F)cc3C(N)=O)c(F)c2)c1O. The molecule has 10 heteroatoms. The number of hydrogen-bond acceptors (Lipinski definition) is 5. The van der Waals surface area contributed by atoms with E-state index >= 15 is 4.39 Å². The lowest BCUT2D eigenvalue weighted by Gasteiger charge is -2.21. The molecule has 3 N–H and O–H groups in total. The number of nitrogens with zero attached hydrogens (tertiary/aromatic N) is 4.